The Morgan fingerprint density at radius 2 is 1.94 bits per heavy atom. The Kier molecular flexibility index (Phi) is 6.97. The summed E-state index contributed by atoms with van der Waals surface area (Å²) in [6, 6.07) is 4.56. The van der Waals surface area contributed by atoms with Crippen LogP contribution in [0.4, 0.5) is 5.69 Å². The molecule has 0 spiro atoms. The van der Waals surface area contributed by atoms with E-state index in [0.29, 0.717) is 37.9 Å². The molecule has 4 rings (SSSR count). The van der Waals surface area contributed by atoms with Gasteiger partial charge in [-0.1, -0.05) is 6.42 Å². The maximum Gasteiger partial charge on any atom is 0.246 e. The van der Waals surface area contributed by atoms with E-state index in [1.54, 1.807) is 25.1 Å². The second-order valence-electron chi connectivity index (χ2n) is 9.38. The second kappa shape index (κ2) is 9.57. The number of anilines is 1. The SMILES string of the molecule is COc1ccc(NC(C)C(=O)NC(C)C2CC3CCC2C3)cc1S(=O)(=O)N1CCOCC1. The molecule has 1 aliphatic heterocycles. The number of hydrogen-bond acceptors (Lipinski definition) is 6. The van der Waals surface area contributed by atoms with Gasteiger partial charge in [-0.15, -0.1) is 0 Å². The van der Waals surface area contributed by atoms with Crippen LogP contribution in [0.15, 0.2) is 23.1 Å². The van der Waals surface area contributed by atoms with E-state index in [4.69, 9.17) is 9.47 Å². The highest BCUT2D eigenvalue weighted by Crippen LogP contribution is 2.49. The molecular formula is C23H35N3O5S. The summed E-state index contributed by atoms with van der Waals surface area (Å²) in [5, 5.41) is 6.34. The van der Waals surface area contributed by atoms with Gasteiger partial charge in [0, 0.05) is 24.8 Å². The van der Waals surface area contributed by atoms with Crippen molar-refractivity contribution < 1.29 is 22.7 Å². The van der Waals surface area contributed by atoms with Crippen molar-refractivity contribution in [3.05, 3.63) is 18.2 Å². The molecule has 2 bridgehead atoms. The van der Waals surface area contributed by atoms with E-state index in [1.165, 1.54) is 37.1 Å². The number of amides is 1. The van der Waals surface area contributed by atoms with Gasteiger partial charge in [0.25, 0.3) is 0 Å². The zero-order chi connectivity index (χ0) is 22.9. The van der Waals surface area contributed by atoms with Crippen molar-refractivity contribution in [3.8, 4) is 5.75 Å². The number of methoxy groups -OCH3 is 1. The number of fused-ring (bicyclic) bond motifs is 2. The van der Waals surface area contributed by atoms with Crippen molar-refractivity contribution in [3.63, 3.8) is 0 Å². The predicted octanol–water partition coefficient (Wildman–Crippen LogP) is 2.46. The Morgan fingerprint density at radius 1 is 1.19 bits per heavy atom. The lowest BCUT2D eigenvalue weighted by molar-refractivity contribution is -0.122. The molecule has 2 aliphatic carbocycles. The van der Waals surface area contributed by atoms with Crippen molar-refractivity contribution in [2.24, 2.45) is 17.8 Å². The molecular weight excluding hydrogens is 430 g/mol. The van der Waals surface area contributed by atoms with Crippen molar-refractivity contribution in [2.75, 3.05) is 38.7 Å². The minimum atomic E-state index is -3.73. The molecule has 8 nitrogen and oxygen atoms in total. The minimum absolute atomic E-state index is 0.0753. The summed E-state index contributed by atoms with van der Waals surface area (Å²) in [5.74, 6) is 2.35. The Labute approximate surface area is 191 Å². The quantitative estimate of drug-likeness (QED) is 0.612. The molecule has 3 fully saturated rings. The highest BCUT2D eigenvalue weighted by Gasteiger charge is 2.42. The van der Waals surface area contributed by atoms with Gasteiger partial charge in [-0.3, -0.25) is 4.79 Å². The van der Waals surface area contributed by atoms with Crippen LogP contribution in [-0.2, 0) is 19.6 Å². The lowest BCUT2D eigenvalue weighted by Gasteiger charge is -2.29. The fourth-order valence-electron chi connectivity index (χ4n) is 5.57. The average molecular weight is 466 g/mol. The van der Waals surface area contributed by atoms with Gasteiger partial charge < -0.3 is 20.1 Å². The molecule has 0 radical (unpaired) electrons. The first kappa shape index (κ1) is 23.3. The monoisotopic (exact) mass is 465 g/mol. The maximum absolute atomic E-state index is 13.2. The molecule has 1 saturated heterocycles. The van der Waals surface area contributed by atoms with Gasteiger partial charge in [-0.05, 0) is 69.1 Å². The van der Waals surface area contributed by atoms with Crippen molar-refractivity contribution in [1.82, 2.24) is 9.62 Å². The average Bonchev–Trinajstić information content (AvgIpc) is 3.43. The van der Waals surface area contributed by atoms with Crippen LogP contribution in [0.5, 0.6) is 5.75 Å². The van der Waals surface area contributed by atoms with Gasteiger partial charge >= 0.3 is 0 Å². The molecule has 1 heterocycles. The molecule has 5 atom stereocenters. The lowest BCUT2D eigenvalue weighted by Crippen LogP contribution is -2.46. The standard InChI is InChI=1S/C23H35N3O5S/c1-15(20-13-17-4-5-18(20)12-17)25-23(27)16(2)24-19-6-7-21(30-3)22(14-19)32(28,29)26-8-10-31-11-9-26/h6-7,14-18,20,24H,4-5,8-13H2,1-3H3,(H,25,27). The zero-order valence-electron chi connectivity index (χ0n) is 19.2. The van der Waals surface area contributed by atoms with E-state index < -0.39 is 16.1 Å². The summed E-state index contributed by atoms with van der Waals surface area (Å²) in [6.07, 6.45) is 5.16. The number of rotatable bonds is 8. The molecule has 1 amide bonds. The smallest absolute Gasteiger partial charge is 0.246 e. The molecule has 0 aromatic heterocycles. The Bertz CT molecular complexity index is 932. The number of sulfonamides is 1. The lowest BCUT2D eigenvalue weighted by atomic mass is 9.84. The van der Waals surface area contributed by atoms with Gasteiger partial charge in [0.1, 0.15) is 16.7 Å². The topological polar surface area (TPSA) is 97.0 Å². The third-order valence-corrected chi connectivity index (χ3v) is 9.25. The number of hydrogen-bond donors (Lipinski definition) is 2. The number of morpholine rings is 1. The van der Waals surface area contributed by atoms with Crippen LogP contribution in [0, 0.1) is 17.8 Å². The summed E-state index contributed by atoms with van der Waals surface area (Å²) < 4.78 is 38.4. The van der Waals surface area contributed by atoms with E-state index in [1.807, 2.05) is 0 Å². The molecule has 9 heteroatoms. The van der Waals surface area contributed by atoms with Crippen molar-refractivity contribution in [2.45, 2.75) is 56.5 Å². The van der Waals surface area contributed by atoms with Crippen LogP contribution in [0.3, 0.4) is 0 Å². The summed E-state index contributed by atoms with van der Waals surface area (Å²) in [7, 11) is -2.28. The summed E-state index contributed by atoms with van der Waals surface area (Å²) in [5.41, 5.74) is 0.563. The number of carbonyl (C=O) groups is 1. The number of ether oxygens (including phenoxy) is 2. The molecule has 2 saturated carbocycles. The second-order valence-corrected chi connectivity index (χ2v) is 11.3. The summed E-state index contributed by atoms with van der Waals surface area (Å²) in [4.78, 5) is 12.9. The molecule has 1 aromatic carbocycles. The van der Waals surface area contributed by atoms with Crippen LogP contribution in [0.25, 0.3) is 0 Å². The van der Waals surface area contributed by atoms with Gasteiger partial charge in [-0.2, -0.15) is 4.31 Å². The van der Waals surface area contributed by atoms with Crippen LogP contribution >= 0.6 is 0 Å². The molecule has 178 valence electrons. The van der Waals surface area contributed by atoms with Crippen LogP contribution in [-0.4, -0.2) is 64.1 Å². The Balaban J connectivity index is 1.43. The first-order chi connectivity index (χ1) is 15.3. The highest BCUT2D eigenvalue weighted by atomic mass is 32.2. The third-order valence-electron chi connectivity index (χ3n) is 7.33. The third kappa shape index (κ3) is 4.75. The Hall–Kier alpha value is -1.84. The summed E-state index contributed by atoms with van der Waals surface area (Å²) in [6.45, 7) is 5.26. The molecule has 2 N–H and O–H groups in total. The van der Waals surface area contributed by atoms with Gasteiger partial charge in [0.15, 0.2) is 0 Å². The van der Waals surface area contributed by atoms with Crippen molar-refractivity contribution in [1.29, 1.82) is 0 Å². The molecule has 3 aliphatic rings. The fourth-order valence-corrected chi connectivity index (χ4v) is 7.16. The van der Waals surface area contributed by atoms with E-state index in [-0.39, 0.29) is 22.6 Å². The van der Waals surface area contributed by atoms with Gasteiger partial charge in [0.2, 0.25) is 15.9 Å². The highest BCUT2D eigenvalue weighted by molar-refractivity contribution is 7.89. The van der Waals surface area contributed by atoms with Gasteiger partial charge in [0.05, 0.1) is 20.3 Å². The maximum atomic E-state index is 13.2. The predicted molar refractivity (Wildman–Crippen MR) is 122 cm³/mol. The van der Waals surface area contributed by atoms with Crippen LogP contribution < -0.4 is 15.4 Å². The number of carbonyl (C=O) groups excluding carboxylic acids is 1. The molecule has 1 aromatic rings. The van der Waals surface area contributed by atoms with Crippen LogP contribution in [0.1, 0.15) is 39.5 Å². The van der Waals surface area contributed by atoms with Crippen LogP contribution in [0.2, 0.25) is 0 Å². The number of nitrogens with zero attached hydrogens (tertiary/aromatic N) is 1. The van der Waals surface area contributed by atoms with Gasteiger partial charge in [-0.25, -0.2) is 8.42 Å². The fraction of sp³-hybridized carbons (Fsp3) is 0.696. The van der Waals surface area contributed by atoms with Crippen molar-refractivity contribution >= 4 is 21.6 Å². The number of nitrogens with one attached hydrogen (secondary N) is 2. The normalized spacial score (nSPS) is 27.7. The number of benzene rings is 1. The Morgan fingerprint density at radius 3 is 2.56 bits per heavy atom. The molecule has 5 unspecified atom stereocenters. The van der Waals surface area contributed by atoms with E-state index in [2.05, 4.69) is 17.6 Å². The first-order valence-electron chi connectivity index (χ1n) is 11.6. The minimum Gasteiger partial charge on any atom is -0.495 e. The van der Waals surface area contributed by atoms with E-state index in [0.717, 1.165) is 11.8 Å². The largest absolute Gasteiger partial charge is 0.495 e. The summed E-state index contributed by atoms with van der Waals surface area (Å²) >= 11 is 0. The zero-order valence-corrected chi connectivity index (χ0v) is 20.0. The molecule has 32 heavy (non-hydrogen) atoms. The van der Waals surface area contributed by atoms with E-state index in [9.17, 15) is 13.2 Å². The first-order valence-corrected chi connectivity index (χ1v) is 13.1. The van der Waals surface area contributed by atoms with E-state index >= 15 is 0 Å².